The highest BCUT2D eigenvalue weighted by molar-refractivity contribution is 9.10. The molecule has 1 N–H and O–H groups in total. The number of anilines is 1. The van der Waals surface area contributed by atoms with Crippen LogP contribution in [0, 0.1) is 5.82 Å². The predicted molar refractivity (Wildman–Crippen MR) is 71.3 cm³/mol. The molecule has 1 amide bonds. The summed E-state index contributed by atoms with van der Waals surface area (Å²) in [5, 5.41) is 3.12. The zero-order valence-electron chi connectivity index (χ0n) is 8.95. The molecule has 2 aromatic rings. The second-order valence-corrected chi connectivity index (χ2v) is 4.62. The summed E-state index contributed by atoms with van der Waals surface area (Å²) >= 11 is 9.17. The fraction of sp³-hybridized carbons (Fsp3) is 0. The molecule has 0 saturated carbocycles. The van der Waals surface area contributed by atoms with Crippen LogP contribution in [-0.4, -0.2) is 10.9 Å². The second kappa shape index (κ2) is 5.46. The van der Waals surface area contributed by atoms with Crippen LogP contribution in [0.25, 0.3) is 0 Å². The molecule has 1 aromatic heterocycles. The number of carbonyl (C=O) groups excluding carboxylic acids is 1. The highest BCUT2D eigenvalue weighted by Gasteiger charge is 2.10. The van der Waals surface area contributed by atoms with Crippen LogP contribution in [0.15, 0.2) is 41.0 Å². The van der Waals surface area contributed by atoms with Gasteiger partial charge in [0.25, 0.3) is 5.91 Å². The lowest BCUT2D eigenvalue weighted by Gasteiger charge is -2.07. The van der Waals surface area contributed by atoms with E-state index in [0.29, 0.717) is 15.2 Å². The monoisotopic (exact) mass is 328 g/mol. The Morgan fingerprint density at radius 3 is 2.78 bits per heavy atom. The number of aromatic nitrogens is 1. The van der Waals surface area contributed by atoms with Crippen LogP contribution in [0.2, 0.25) is 5.02 Å². The summed E-state index contributed by atoms with van der Waals surface area (Å²) in [5.41, 5.74) is 0.655. The molecule has 1 aromatic carbocycles. The van der Waals surface area contributed by atoms with Crippen molar-refractivity contribution in [2.45, 2.75) is 0 Å². The standard InChI is InChI=1S/C12H7BrClFN2O/c13-11-8(14)2-1-3-9(11)17-12(18)10-5-4-7(15)6-16-10/h1-6H,(H,17,18). The summed E-state index contributed by atoms with van der Waals surface area (Å²) in [6, 6.07) is 7.58. The van der Waals surface area contributed by atoms with Crippen LogP contribution in [0.3, 0.4) is 0 Å². The van der Waals surface area contributed by atoms with E-state index in [9.17, 15) is 9.18 Å². The Bertz CT molecular complexity index is 589. The Kier molecular flexibility index (Phi) is 3.93. The van der Waals surface area contributed by atoms with E-state index in [1.165, 1.54) is 12.1 Å². The van der Waals surface area contributed by atoms with Gasteiger partial charge in [0.2, 0.25) is 0 Å². The maximum absolute atomic E-state index is 12.7. The van der Waals surface area contributed by atoms with E-state index in [-0.39, 0.29) is 5.69 Å². The lowest BCUT2D eigenvalue weighted by molar-refractivity contribution is 0.102. The first-order valence-corrected chi connectivity index (χ1v) is 6.12. The molecule has 0 unspecified atom stereocenters. The topological polar surface area (TPSA) is 42.0 Å². The van der Waals surface area contributed by atoms with Crippen molar-refractivity contribution in [3.05, 3.63) is 57.5 Å². The summed E-state index contributed by atoms with van der Waals surface area (Å²) in [7, 11) is 0. The Labute approximate surface area is 116 Å². The minimum absolute atomic E-state index is 0.128. The Hall–Kier alpha value is -1.46. The molecule has 0 aliphatic rings. The van der Waals surface area contributed by atoms with Gasteiger partial charge in [0, 0.05) is 0 Å². The molecule has 2 rings (SSSR count). The van der Waals surface area contributed by atoms with Crippen molar-refractivity contribution in [1.29, 1.82) is 0 Å². The summed E-state index contributed by atoms with van der Waals surface area (Å²) in [4.78, 5) is 15.5. The van der Waals surface area contributed by atoms with Gasteiger partial charge in [0.1, 0.15) is 11.5 Å². The highest BCUT2D eigenvalue weighted by Crippen LogP contribution is 2.30. The smallest absolute Gasteiger partial charge is 0.274 e. The van der Waals surface area contributed by atoms with Crippen LogP contribution in [0.1, 0.15) is 10.5 Å². The molecule has 0 aliphatic carbocycles. The van der Waals surface area contributed by atoms with Crippen LogP contribution >= 0.6 is 27.5 Å². The predicted octanol–water partition coefficient (Wildman–Crippen LogP) is 3.89. The third-order valence-electron chi connectivity index (χ3n) is 2.16. The van der Waals surface area contributed by atoms with E-state index in [1.54, 1.807) is 18.2 Å². The SMILES string of the molecule is O=C(Nc1cccc(Cl)c1Br)c1ccc(F)cn1. The lowest BCUT2D eigenvalue weighted by Crippen LogP contribution is -2.14. The average Bonchev–Trinajstić information content (AvgIpc) is 2.36. The fourth-order valence-electron chi connectivity index (χ4n) is 1.30. The minimum atomic E-state index is -0.490. The van der Waals surface area contributed by atoms with Crippen molar-refractivity contribution in [3.63, 3.8) is 0 Å². The highest BCUT2D eigenvalue weighted by atomic mass is 79.9. The number of hydrogen-bond donors (Lipinski definition) is 1. The first kappa shape index (κ1) is 13.0. The number of hydrogen-bond acceptors (Lipinski definition) is 2. The first-order chi connectivity index (χ1) is 8.58. The van der Waals surface area contributed by atoms with Crippen LogP contribution < -0.4 is 5.32 Å². The number of nitrogens with zero attached hydrogens (tertiary/aromatic N) is 1. The van der Waals surface area contributed by atoms with E-state index < -0.39 is 11.7 Å². The minimum Gasteiger partial charge on any atom is -0.320 e. The number of carbonyl (C=O) groups is 1. The molecule has 0 fully saturated rings. The number of halogens is 3. The molecule has 1 heterocycles. The fourth-order valence-corrected chi connectivity index (χ4v) is 1.83. The van der Waals surface area contributed by atoms with Crippen molar-refractivity contribution < 1.29 is 9.18 Å². The molecule has 0 bridgehead atoms. The van der Waals surface area contributed by atoms with Gasteiger partial charge in [-0.15, -0.1) is 0 Å². The molecular formula is C12H7BrClFN2O. The maximum Gasteiger partial charge on any atom is 0.274 e. The number of benzene rings is 1. The van der Waals surface area contributed by atoms with E-state index in [2.05, 4.69) is 26.2 Å². The number of rotatable bonds is 2. The maximum atomic E-state index is 12.7. The zero-order valence-corrected chi connectivity index (χ0v) is 11.3. The van der Waals surface area contributed by atoms with Crippen LogP contribution in [0.4, 0.5) is 10.1 Å². The summed E-state index contributed by atoms with van der Waals surface area (Å²) in [6.45, 7) is 0. The van der Waals surface area contributed by atoms with Gasteiger partial charge in [-0.3, -0.25) is 4.79 Å². The Morgan fingerprint density at radius 1 is 1.33 bits per heavy atom. The van der Waals surface area contributed by atoms with Gasteiger partial charge in [0.15, 0.2) is 0 Å². The lowest BCUT2D eigenvalue weighted by atomic mass is 10.3. The molecule has 0 atom stereocenters. The van der Waals surface area contributed by atoms with E-state index in [0.717, 1.165) is 6.20 Å². The van der Waals surface area contributed by atoms with Gasteiger partial charge in [-0.05, 0) is 40.2 Å². The van der Waals surface area contributed by atoms with Crippen molar-refractivity contribution >= 4 is 39.1 Å². The first-order valence-electron chi connectivity index (χ1n) is 4.95. The normalized spacial score (nSPS) is 10.2. The Morgan fingerprint density at radius 2 is 2.11 bits per heavy atom. The largest absolute Gasteiger partial charge is 0.320 e. The number of pyridine rings is 1. The van der Waals surface area contributed by atoms with Crippen molar-refractivity contribution in [2.75, 3.05) is 5.32 Å². The average molecular weight is 330 g/mol. The van der Waals surface area contributed by atoms with Gasteiger partial charge in [-0.2, -0.15) is 0 Å². The number of amides is 1. The summed E-state index contributed by atoms with van der Waals surface area (Å²) < 4.78 is 13.3. The van der Waals surface area contributed by atoms with Gasteiger partial charge >= 0.3 is 0 Å². The van der Waals surface area contributed by atoms with Gasteiger partial charge in [-0.1, -0.05) is 17.7 Å². The van der Waals surface area contributed by atoms with Crippen LogP contribution in [0.5, 0.6) is 0 Å². The van der Waals surface area contributed by atoms with Crippen molar-refractivity contribution in [3.8, 4) is 0 Å². The summed E-state index contributed by atoms with van der Waals surface area (Å²) in [6.07, 6.45) is 0.988. The van der Waals surface area contributed by atoms with E-state index >= 15 is 0 Å². The van der Waals surface area contributed by atoms with Crippen molar-refractivity contribution in [1.82, 2.24) is 4.98 Å². The molecule has 6 heteroatoms. The van der Waals surface area contributed by atoms with E-state index in [1.807, 2.05) is 0 Å². The van der Waals surface area contributed by atoms with Gasteiger partial charge in [0.05, 0.1) is 21.4 Å². The zero-order chi connectivity index (χ0) is 13.1. The molecule has 0 aliphatic heterocycles. The van der Waals surface area contributed by atoms with Gasteiger partial charge in [-0.25, -0.2) is 9.37 Å². The number of nitrogens with one attached hydrogen (secondary N) is 1. The quantitative estimate of drug-likeness (QED) is 0.908. The summed E-state index contributed by atoms with van der Waals surface area (Å²) in [5.74, 6) is -0.923. The van der Waals surface area contributed by atoms with Crippen LogP contribution in [-0.2, 0) is 0 Å². The Balaban J connectivity index is 2.21. The molecule has 18 heavy (non-hydrogen) atoms. The molecule has 0 saturated heterocycles. The van der Waals surface area contributed by atoms with E-state index in [4.69, 9.17) is 11.6 Å². The molecule has 0 spiro atoms. The molecule has 92 valence electrons. The molecule has 3 nitrogen and oxygen atoms in total. The molecule has 0 radical (unpaired) electrons. The second-order valence-electron chi connectivity index (χ2n) is 3.42. The van der Waals surface area contributed by atoms with Gasteiger partial charge < -0.3 is 5.32 Å². The third kappa shape index (κ3) is 2.86. The molecular weight excluding hydrogens is 322 g/mol. The van der Waals surface area contributed by atoms with Crippen molar-refractivity contribution in [2.24, 2.45) is 0 Å². The third-order valence-corrected chi connectivity index (χ3v) is 3.56.